The molecule has 3 N–H and O–H groups in total. The van der Waals surface area contributed by atoms with Crippen molar-refractivity contribution in [2.24, 2.45) is 0 Å². The molecule has 0 bridgehead atoms. The van der Waals surface area contributed by atoms with Crippen LogP contribution < -0.4 is 20.7 Å². The predicted octanol–water partition coefficient (Wildman–Crippen LogP) is 3.35. The number of aryl methyl sites for hydroxylation is 1. The number of hydrogen-bond donors (Lipinski definition) is 3. The average Bonchev–Trinajstić information content (AvgIpc) is 2.90. The average molecular weight is 339 g/mol. The highest BCUT2D eigenvalue weighted by molar-refractivity contribution is 5.75. The zero-order valence-corrected chi connectivity index (χ0v) is 15.0. The van der Waals surface area contributed by atoms with Crippen LogP contribution in [0, 0.1) is 6.92 Å². The zero-order valence-electron chi connectivity index (χ0n) is 15.0. The molecule has 1 aromatic heterocycles. The lowest BCUT2D eigenvalue weighted by molar-refractivity contribution is 0.413. The van der Waals surface area contributed by atoms with Gasteiger partial charge >= 0.3 is 0 Å². The Kier molecular flexibility index (Phi) is 5.50. The molecule has 0 radical (unpaired) electrons. The van der Waals surface area contributed by atoms with E-state index in [2.05, 4.69) is 38.1 Å². The van der Waals surface area contributed by atoms with Gasteiger partial charge < -0.3 is 20.7 Å². The minimum absolute atomic E-state index is 0.581. The third-order valence-corrected chi connectivity index (χ3v) is 4.20. The molecule has 0 spiro atoms. The summed E-state index contributed by atoms with van der Waals surface area (Å²) in [6, 6.07) is 8.00. The van der Waals surface area contributed by atoms with Crippen molar-refractivity contribution in [3.05, 3.63) is 41.6 Å². The minimum Gasteiger partial charge on any atom is -0.496 e. The number of methoxy groups -OCH3 is 1. The fourth-order valence-electron chi connectivity index (χ4n) is 2.97. The van der Waals surface area contributed by atoms with E-state index in [1.807, 2.05) is 32.2 Å². The van der Waals surface area contributed by atoms with Crippen LogP contribution in [-0.4, -0.2) is 37.2 Å². The summed E-state index contributed by atoms with van der Waals surface area (Å²) in [5, 5.41) is 9.76. The molecule has 3 rings (SSSR count). The van der Waals surface area contributed by atoms with Gasteiger partial charge in [0.2, 0.25) is 5.95 Å². The normalized spacial score (nSPS) is 14.4. The molecular weight excluding hydrogens is 314 g/mol. The van der Waals surface area contributed by atoms with Gasteiger partial charge in [0.15, 0.2) is 0 Å². The first-order valence-corrected chi connectivity index (χ1v) is 8.58. The quantitative estimate of drug-likeness (QED) is 0.776. The Bertz CT molecular complexity index is 772. The summed E-state index contributed by atoms with van der Waals surface area (Å²) in [5.74, 6) is 2.26. The lowest BCUT2D eigenvalue weighted by Crippen LogP contribution is -2.12. The third kappa shape index (κ3) is 4.28. The molecule has 0 saturated carbocycles. The van der Waals surface area contributed by atoms with Crippen molar-refractivity contribution in [2.75, 3.05) is 37.9 Å². The number of hydrogen-bond acceptors (Lipinski definition) is 6. The molecule has 25 heavy (non-hydrogen) atoms. The van der Waals surface area contributed by atoms with E-state index in [9.17, 15) is 0 Å². The molecule has 0 amide bonds. The number of rotatable bonds is 5. The first kappa shape index (κ1) is 17.2. The van der Waals surface area contributed by atoms with Crippen LogP contribution >= 0.6 is 0 Å². The third-order valence-electron chi connectivity index (χ3n) is 4.20. The summed E-state index contributed by atoms with van der Waals surface area (Å²) in [4.78, 5) is 8.92. The Hall–Kier alpha value is -2.60. The van der Waals surface area contributed by atoms with Gasteiger partial charge in [-0.3, -0.25) is 0 Å². The van der Waals surface area contributed by atoms with Crippen LogP contribution in [0.4, 0.5) is 17.5 Å². The van der Waals surface area contributed by atoms with Gasteiger partial charge in [-0.15, -0.1) is 0 Å². The van der Waals surface area contributed by atoms with E-state index in [0.717, 1.165) is 54.4 Å². The van der Waals surface area contributed by atoms with Crippen molar-refractivity contribution < 1.29 is 4.74 Å². The van der Waals surface area contributed by atoms with Gasteiger partial charge in [-0.05, 0) is 50.1 Å². The summed E-state index contributed by atoms with van der Waals surface area (Å²) < 4.78 is 5.57. The van der Waals surface area contributed by atoms with Gasteiger partial charge in [-0.1, -0.05) is 6.08 Å². The maximum absolute atomic E-state index is 5.57. The van der Waals surface area contributed by atoms with E-state index in [1.54, 1.807) is 7.11 Å². The van der Waals surface area contributed by atoms with E-state index in [1.165, 1.54) is 5.57 Å². The summed E-state index contributed by atoms with van der Waals surface area (Å²) in [6.07, 6.45) is 4.41. The van der Waals surface area contributed by atoms with Crippen molar-refractivity contribution >= 4 is 23.0 Å². The number of anilines is 3. The first-order chi connectivity index (χ1) is 12.2. The van der Waals surface area contributed by atoms with Crippen LogP contribution in [0.15, 0.2) is 30.3 Å². The summed E-state index contributed by atoms with van der Waals surface area (Å²) in [7, 11) is 3.56. The van der Waals surface area contributed by atoms with E-state index in [4.69, 9.17) is 4.74 Å². The Morgan fingerprint density at radius 1 is 1.20 bits per heavy atom. The molecule has 0 fully saturated rings. The number of benzene rings is 1. The van der Waals surface area contributed by atoms with Crippen molar-refractivity contribution in [3.8, 4) is 5.75 Å². The van der Waals surface area contributed by atoms with Gasteiger partial charge in [-0.25, -0.2) is 4.98 Å². The van der Waals surface area contributed by atoms with Crippen LogP contribution in [-0.2, 0) is 0 Å². The summed E-state index contributed by atoms with van der Waals surface area (Å²) >= 11 is 0. The molecule has 132 valence electrons. The van der Waals surface area contributed by atoms with Gasteiger partial charge in [0.25, 0.3) is 0 Å². The highest BCUT2D eigenvalue weighted by Gasteiger charge is 2.12. The fourth-order valence-corrected chi connectivity index (χ4v) is 2.97. The number of nitrogens with zero attached hydrogens (tertiary/aromatic N) is 2. The molecule has 6 nitrogen and oxygen atoms in total. The first-order valence-electron chi connectivity index (χ1n) is 8.58. The predicted molar refractivity (Wildman–Crippen MR) is 103 cm³/mol. The minimum atomic E-state index is 0.581. The number of nitrogens with one attached hydrogen (secondary N) is 3. The second kappa shape index (κ2) is 7.98. The standard InChI is InChI=1S/C19H25N5O/c1-13-11-18(20-2)24-19(22-13)23-15-6-7-17(25-3)16(12-15)14-5-4-9-21-10-8-14/h6-8,11-12,21H,4-5,9-10H2,1-3H3,(H2,20,22,23,24). The van der Waals surface area contributed by atoms with Crippen molar-refractivity contribution in [1.82, 2.24) is 15.3 Å². The van der Waals surface area contributed by atoms with Crippen LogP contribution in [0.3, 0.4) is 0 Å². The van der Waals surface area contributed by atoms with Crippen LogP contribution in [0.1, 0.15) is 24.1 Å². The van der Waals surface area contributed by atoms with Gasteiger partial charge in [0.1, 0.15) is 11.6 Å². The van der Waals surface area contributed by atoms with Crippen LogP contribution in [0.2, 0.25) is 0 Å². The molecule has 1 aliphatic heterocycles. The molecule has 1 aromatic carbocycles. The zero-order chi connectivity index (χ0) is 17.6. The van der Waals surface area contributed by atoms with Crippen molar-refractivity contribution in [3.63, 3.8) is 0 Å². The monoisotopic (exact) mass is 339 g/mol. The fraction of sp³-hybridized carbons (Fsp3) is 0.368. The summed E-state index contributed by atoms with van der Waals surface area (Å²) in [6.45, 7) is 3.89. The van der Waals surface area contributed by atoms with Crippen LogP contribution in [0.25, 0.3) is 5.57 Å². The second-order valence-corrected chi connectivity index (χ2v) is 6.05. The molecule has 2 heterocycles. The molecule has 6 heteroatoms. The van der Waals surface area contributed by atoms with Gasteiger partial charge in [0.05, 0.1) is 7.11 Å². The highest BCUT2D eigenvalue weighted by atomic mass is 16.5. The SMILES string of the molecule is CNc1cc(C)nc(Nc2ccc(OC)c(C3=CCNCCC3)c2)n1. The molecule has 1 aliphatic rings. The van der Waals surface area contributed by atoms with E-state index in [0.29, 0.717) is 5.95 Å². The molecule has 0 saturated heterocycles. The van der Waals surface area contributed by atoms with E-state index in [-0.39, 0.29) is 0 Å². The van der Waals surface area contributed by atoms with Crippen molar-refractivity contribution in [2.45, 2.75) is 19.8 Å². The largest absolute Gasteiger partial charge is 0.496 e. The topological polar surface area (TPSA) is 71.1 Å². The second-order valence-electron chi connectivity index (χ2n) is 6.05. The van der Waals surface area contributed by atoms with E-state index < -0.39 is 0 Å². The number of ether oxygens (including phenoxy) is 1. The van der Waals surface area contributed by atoms with Gasteiger partial charge in [0, 0.05) is 36.6 Å². The maximum Gasteiger partial charge on any atom is 0.229 e. The molecule has 0 unspecified atom stereocenters. The Labute approximate surface area is 148 Å². The maximum atomic E-state index is 5.57. The van der Waals surface area contributed by atoms with Crippen LogP contribution in [0.5, 0.6) is 5.75 Å². The highest BCUT2D eigenvalue weighted by Crippen LogP contribution is 2.32. The number of allylic oxidation sites excluding steroid dienone is 1. The Morgan fingerprint density at radius 3 is 2.88 bits per heavy atom. The van der Waals surface area contributed by atoms with Gasteiger partial charge in [-0.2, -0.15) is 4.98 Å². The molecule has 0 aliphatic carbocycles. The number of aromatic nitrogens is 2. The lowest BCUT2D eigenvalue weighted by Gasteiger charge is -2.14. The van der Waals surface area contributed by atoms with Crippen molar-refractivity contribution in [1.29, 1.82) is 0 Å². The smallest absolute Gasteiger partial charge is 0.229 e. The summed E-state index contributed by atoms with van der Waals surface area (Å²) in [5.41, 5.74) is 4.29. The van der Waals surface area contributed by atoms with E-state index >= 15 is 0 Å². The molecule has 2 aromatic rings. The Morgan fingerprint density at radius 2 is 2.08 bits per heavy atom. The Balaban J connectivity index is 1.91. The molecular formula is C19H25N5O. The molecule has 0 atom stereocenters. The lowest BCUT2D eigenvalue weighted by atomic mass is 9.99.